The summed E-state index contributed by atoms with van der Waals surface area (Å²) >= 11 is 0. The van der Waals surface area contributed by atoms with E-state index in [1.807, 2.05) is 24.3 Å². The quantitative estimate of drug-likeness (QED) is 0.345. The van der Waals surface area contributed by atoms with Crippen LogP contribution in [-0.4, -0.2) is 29.3 Å². The van der Waals surface area contributed by atoms with Gasteiger partial charge in [0.05, 0.1) is 18.9 Å². The molecule has 4 aromatic rings. The van der Waals surface area contributed by atoms with Crippen molar-refractivity contribution in [1.29, 1.82) is 0 Å². The van der Waals surface area contributed by atoms with E-state index in [1.165, 1.54) is 13.4 Å². The summed E-state index contributed by atoms with van der Waals surface area (Å²) in [4.78, 5) is 19.9. The highest BCUT2D eigenvalue weighted by molar-refractivity contribution is 6.05. The molecule has 0 aliphatic heterocycles. The zero-order chi connectivity index (χ0) is 17.9. The van der Waals surface area contributed by atoms with Gasteiger partial charge < -0.3 is 9.15 Å². The lowest BCUT2D eigenvalue weighted by molar-refractivity contribution is 0.0600. The van der Waals surface area contributed by atoms with E-state index in [1.54, 1.807) is 30.5 Å². The summed E-state index contributed by atoms with van der Waals surface area (Å²) in [7, 11) is 1.35. The second-order valence-electron chi connectivity index (χ2n) is 5.48. The molecule has 0 spiro atoms. The summed E-state index contributed by atoms with van der Waals surface area (Å²) in [5.41, 5.74) is 6.21. The zero-order valence-electron chi connectivity index (χ0n) is 13.8. The Morgan fingerprint density at radius 3 is 2.77 bits per heavy atom. The number of anilines is 1. The van der Waals surface area contributed by atoms with Gasteiger partial charge in [-0.2, -0.15) is 5.10 Å². The van der Waals surface area contributed by atoms with Gasteiger partial charge in [0.25, 0.3) is 0 Å². The van der Waals surface area contributed by atoms with E-state index in [2.05, 4.69) is 25.2 Å². The number of hydrogen-bond acceptors (Lipinski definition) is 7. The van der Waals surface area contributed by atoms with Crippen LogP contribution in [0.1, 0.15) is 15.9 Å². The lowest BCUT2D eigenvalue weighted by Crippen LogP contribution is -2.01. The molecule has 0 atom stereocenters. The van der Waals surface area contributed by atoms with Crippen LogP contribution in [0.3, 0.4) is 0 Å². The maximum Gasteiger partial charge on any atom is 0.337 e. The van der Waals surface area contributed by atoms with Crippen molar-refractivity contribution in [3.05, 3.63) is 66.0 Å². The van der Waals surface area contributed by atoms with E-state index < -0.39 is 0 Å². The Bertz CT molecular complexity index is 1120. The lowest BCUT2D eigenvalue weighted by atomic mass is 10.1. The zero-order valence-corrected chi connectivity index (χ0v) is 13.8. The third-order valence-electron chi connectivity index (χ3n) is 3.87. The minimum Gasteiger partial charge on any atom is -0.465 e. The minimum absolute atomic E-state index is 0.375. The van der Waals surface area contributed by atoms with Crippen LogP contribution >= 0.6 is 0 Å². The van der Waals surface area contributed by atoms with Gasteiger partial charge in [-0.3, -0.25) is 5.43 Å². The van der Waals surface area contributed by atoms with E-state index in [0.717, 1.165) is 22.0 Å². The number of rotatable bonds is 4. The number of esters is 1. The van der Waals surface area contributed by atoms with Gasteiger partial charge >= 0.3 is 5.97 Å². The average Bonchev–Trinajstić information content (AvgIpc) is 3.07. The predicted molar refractivity (Wildman–Crippen MR) is 98.3 cm³/mol. The van der Waals surface area contributed by atoms with Crippen LogP contribution in [-0.2, 0) is 4.74 Å². The number of hydrazone groups is 1. The van der Waals surface area contributed by atoms with Crippen LogP contribution < -0.4 is 5.43 Å². The van der Waals surface area contributed by atoms with E-state index >= 15 is 0 Å². The number of nitrogens with one attached hydrogen (secondary N) is 1. The SMILES string of the molecule is COC(=O)c1ccc(/C=N\Nc2ncnc3c2oc2ccccc23)cc1. The molecule has 7 nitrogen and oxygen atoms in total. The highest BCUT2D eigenvalue weighted by Crippen LogP contribution is 2.30. The molecule has 26 heavy (non-hydrogen) atoms. The molecule has 0 aliphatic rings. The van der Waals surface area contributed by atoms with E-state index in [9.17, 15) is 4.79 Å². The van der Waals surface area contributed by atoms with E-state index in [4.69, 9.17) is 4.42 Å². The topological polar surface area (TPSA) is 89.6 Å². The number of hydrogen-bond donors (Lipinski definition) is 1. The number of para-hydroxylation sites is 1. The van der Waals surface area contributed by atoms with Gasteiger partial charge in [0.2, 0.25) is 0 Å². The average molecular weight is 346 g/mol. The summed E-state index contributed by atoms with van der Waals surface area (Å²) in [6, 6.07) is 14.6. The summed E-state index contributed by atoms with van der Waals surface area (Å²) in [6.45, 7) is 0. The van der Waals surface area contributed by atoms with Crippen LogP contribution in [0, 0.1) is 0 Å². The van der Waals surface area contributed by atoms with Crippen molar-refractivity contribution in [1.82, 2.24) is 9.97 Å². The summed E-state index contributed by atoms with van der Waals surface area (Å²) < 4.78 is 10.5. The molecule has 128 valence electrons. The first kappa shape index (κ1) is 15.8. The Morgan fingerprint density at radius 1 is 1.15 bits per heavy atom. The standard InChI is InChI=1S/C19H14N4O3/c1-25-19(24)13-8-6-12(7-9-13)10-22-23-18-17-16(20-11-21-18)14-4-2-3-5-15(14)26-17/h2-11H,1H3,(H,20,21,23)/b22-10-. The van der Waals surface area contributed by atoms with Crippen LogP contribution in [0.2, 0.25) is 0 Å². The third-order valence-corrected chi connectivity index (χ3v) is 3.87. The van der Waals surface area contributed by atoms with Gasteiger partial charge in [0, 0.05) is 5.39 Å². The Labute approximate surface area is 148 Å². The first-order chi connectivity index (χ1) is 12.8. The number of furan rings is 1. The van der Waals surface area contributed by atoms with Gasteiger partial charge in [0.15, 0.2) is 11.4 Å². The first-order valence-electron chi connectivity index (χ1n) is 7.86. The molecule has 1 N–H and O–H groups in total. The number of methoxy groups -OCH3 is 1. The fourth-order valence-corrected chi connectivity index (χ4v) is 2.59. The van der Waals surface area contributed by atoms with Crippen LogP contribution in [0.4, 0.5) is 5.82 Å². The summed E-state index contributed by atoms with van der Waals surface area (Å²) in [6.07, 6.45) is 3.09. The number of benzene rings is 2. The number of fused-ring (bicyclic) bond motifs is 3. The predicted octanol–water partition coefficient (Wildman–Crippen LogP) is 3.61. The highest BCUT2D eigenvalue weighted by Gasteiger charge is 2.12. The van der Waals surface area contributed by atoms with Gasteiger partial charge in [-0.25, -0.2) is 14.8 Å². The first-order valence-corrected chi connectivity index (χ1v) is 7.86. The molecule has 0 unspecified atom stereocenters. The fraction of sp³-hybridized carbons (Fsp3) is 0.0526. The largest absolute Gasteiger partial charge is 0.465 e. The number of carbonyl (C=O) groups is 1. The molecule has 0 bridgehead atoms. The molecule has 2 aromatic heterocycles. The number of nitrogens with zero attached hydrogens (tertiary/aromatic N) is 3. The number of carbonyl (C=O) groups excluding carboxylic acids is 1. The Balaban J connectivity index is 1.58. The molecule has 7 heteroatoms. The second-order valence-corrected chi connectivity index (χ2v) is 5.48. The van der Waals surface area contributed by atoms with Crippen molar-refractivity contribution >= 4 is 40.1 Å². The van der Waals surface area contributed by atoms with Gasteiger partial charge in [-0.1, -0.05) is 24.3 Å². The third kappa shape index (κ3) is 2.86. The monoisotopic (exact) mass is 346 g/mol. The molecular weight excluding hydrogens is 332 g/mol. The fourth-order valence-electron chi connectivity index (χ4n) is 2.59. The molecule has 2 aromatic carbocycles. The Hall–Kier alpha value is -3.74. The highest BCUT2D eigenvalue weighted by atomic mass is 16.5. The van der Waals surface area contributed by atoms with Gasteiger partial charge in [-0.05, 0) is 29.8 Å². The van der Waals surface area contributed by atoms with Crippen molar-refractivity contribution in [2.24, 2.45) is 5.10 Å². The van der Waals surface area contributed by atoms with E-state index in [-0.39, 0.29) is 5.97 Å². The molecule has 0 saturated carbocycles. The van der Waals surface area contributed by atoms with Crippen molar-refractivity contribution in [3.63, 3.8) is 0 Å². The minimum atomic E-state index is -0.375. The van der Waals surface area contributed by atoms with Crippen LogP contribution in [0.5, 0.6) is 0 Å². The lowest BCUT2D eigenvalue weighted by Gasteiger charge is -2.00. The Kier molecular flexibility index (Phi) is 4.03. The molecular formula is C19H14N4O3. The van der Waals surface area contributed by atoms with Crippen molar-refractivity contribution in [3.8, 4) is 0 Å². The summed E-state index contributed by atoms with van der Waals surface area (Å²) in [5, 5.41) is 5.11. The molecule has 2 heterocycles. The van der Waals surface area contributed by atoms with Crippen LogP contribution in [0.15, 0.2) is 64.4 Å². The maximum absolute atomic E-state index is 11.4. The van der Waals surface area contributed by atoms with Crippen LogP contribution in [0.25, 0.3) is 22.1 Å². The molecule has 0 amide bonds. The van der Waals surface area contributed by atoms with Crippen molar-refractivity contribution < 1.29 is 13.9 Å². The Morgan fingerprint density at radius 2 is 1.96 bits per heavy atom. The molecule has 0 radical (unpaired) electrons. The van der Waals surface area contributed by atoms with Gasteiger partial charge in [0.1, 0.15) is 17.4 Å². The molecule has 0 aliphatic carbocycles. The number of ether oxygens (including phenoxy) is 1. The molecule has 4 rings (SSSR count). The molecule has 0 saturated heterocycles. The smallest absolute Gasteiger partial charge is 0.337 e. The van der Waals surface area contributed by atoms with Crippen molar-refractivity contribution in [2.75, 3.05) is 12.5 Å². The van der Waals surface area contributed by atoms with E-state index in [0.29, 0.717) is 17.0 Å². The summed E-state index contributed by atoms with van der Waals surface area (Å²) in [5.74, 6) is 0.105. The maximum atomic E-state index is 11.4. The van der Waals surface area contributed by atoms with Crippen molar-refractivity contribution in [2.45, 2.75) is 0 Å². The molecule has 0 fully saturated rings. The normalized spacial score (nSPS) is 11.3. The second kappa shape index (κ2) is 6.64. The van der Waals surface area contributed by atoms with Gasteiger partial charge in [-0.15, -0.1) is 0 Å². The number of aromatic nitrogens is 2.